The van der Waals surface area contributed by atoms with E-state index < -0.39 is 6.17 Å². The van der Waals surface area contributed by atoms with Crippen LogP contribution in [0.4, 0.5) is 10.1 Å². The third-order valence-electron chi connectivity index (χ3n) is 5.20. The number of anilines is 1. The van der Waals surface area contributed by atoms with Crippen LogP contribution in [0.5, 0.6) is 0 Å². The molecule has 2 aromatic heterocycles. The molecule has 1 amide bonds. The minimum atomic E-state index is -0.856. The first-order chi connectivity index (χ1) is 12.6. The second kappa shape index (κ2) is 7.34. The lowest BCUT2D eigenvalue weighted by Crippen LogP contribution is -2.42. The van der Waals surface area contributed by atoms with Crippen molar-refractivity contribution in [2.24, 2.45) is 5.92 Å². The summed E-state index contributed by atoms with van der Waals surface area (Å²) in [7, 11) is 0. The molecule has 0 saturated carbocycles. The van der Waals surface area contributed by atoms with Crippen LogP contribution in [0.3, 0.4) is 0 Å². The van der Waals surface area contributed by atoms with Gasteiger partial charge in [0.2, 0.25) is 5.91 Å². The van der Waals surface area contributed by atoms with E-state index in [0.717, 1.165) is 41.8 Å². The third-order valence-corrected chi connectivity index (χ3v) is 5.61. The first-order valence-corrected chi connectivity index (χ1v) is 9.73. The van der Waals surface area contributed by atoms with Gasteiger partial charge in [-0.2, -0.15) is 5.10 Å². The summed E-state index contributed by atoms with van der Waals surface area (Å²) in [5.74, 6) is 0.114. The van der Waals surface area contributed by atoms with Crippen LogP contribution in [-0.4, -0.2) is 57.9 Å². The molecule has 26 heavy (non-hydrogen) atoms. The lowest BCUT2D eigenvalue weighted by molar-refractivity contribution is -0.135. The number of halogens is 2. The van der Waals surface area contributed by atoms with E-state index >= 15 is 0 Å². The van der Waals surface area contributed by atoms with E-state index in [0.29, 0.717) is 13.0 Å². The molecule has 0 unspecified atom stereocenters. The molecule has 0 aliphatic carbocycles. The normalized spacial score (nSPS) is 21.4. The summed E-state index contributed by atoms with van der Waals surface area (Å²) in [6.45, 7) is 2.38. The maximum Gasteiger partial charge on any atom is 0.225 e. The second-order valence-electron chi connectivity index (χ2n) is 6.90. The smallest absolute Gasteiger partial charge is 0.225 e. The largest absolute Gasteiger partial charge is 0.368 e. The highest BCUT2D eigenvalue weighted by molar-refractivity contribution is 9.10. The molecule has 2 aliphatic rings. The number of alkyl halides is 1. The molecule has 0 N–H and O–H groups in total. The zero-order valence-electron chi connectivity index (χ0n) is 14.4. The van der Waals surface area contributed by atoms with Crippen molar-refractivity contribution in [1.82, 2.24) is 19.7 Å². The predicted molar refractivity (Wildman–Crippen MR) is 100 cm³/mol. The Balaban J connectivity index is 1.45. The van der Waals surface area contributed by atoms with E-state index in [4.69, 9.17) is 0 Å². The summed E-state index contributed by atoms with van der Waals surface area (Å²) >= 11 is 3.43. The zero-order chi connectivity index (χ0) is 18.1. The fourth-order valence-electron chi connectivity index (χ4n) is 3.79. The van der Waals surface area contributed by atoms with E-state index in [9.17, 15) is 9.18 Å². The molecule has 2 fully saturated rings. The molecule has 4 heterocycles. The minimum Gasteiger partial charge on any atom is -0.368 e. The monoisotopic (exact) mass is 421 g/mol. The maximum absolute atomic E-state index is 13.4. The Hall–Kier alpha value is -1.96. The first kappa shape index (κ1) is 17.5. The van der Waals surface area contributed by atoms with Gasteiger partial charge in [0.25, 0.3) is 0 Å². The molecule has 2 aromatic rings. The van der Waals surface area contributed by atoms with E-state index in [1.165, 1.54) is 0 Å². The van der Waals surface area contributed by atoms with Crippen LogP contribution in [0.2, 0.25) is 0 Å². The Morgan fingerprint density at radius 3 is 2.62 bits per heavy atom. The molecule has 0 aromatic carbocycles. The first-order valence-electron chi connectivity index (χ1n) is 8.94. The Kier molecular flexibility index (Phi) is 4.93. The number of aromatic nitrogens is 3. The van der Waals surface area contributed by atoms with Crippen LogP contribution in [0.1, 0.15) is 19.3 Å². The fraction of sp³-hybridized carbons (Fsp3) is 0.500. The van der Waals surface area contributed by atoms with Gasteiger partial charge < -0.3 is 9.80 Å². The number of carbonyl (C=O) groups excluding carboxylic acids is 1. The minimum absolute atomic E-state index is 0.00415. The van der Waals surface area contributed by atoms with E-state index in [1.807, 2.05) is 23.1 Å². The molecule has 2 aliphatic heterocycles. The van der Waals surface area contributed by atoms with Crippen LogP contribution in [0.25, 0.3) is 5.69 Å². The number of amides is 1. The summed E-state index contributed by atoms with van der Waals surface area (Å²) in [5, 5.41) is 4.36. The van der Waals surface area contributed by atoms with Crippen molar-refractivity contribution < 1.29 is 9.18 Å². The Morgan fingerprint density at radius 1 is 1.15 bits per heavy atom. The number of rotatable bonds is 3. The maximum atomic E-state index is 13.4. The number of hydrogen-bond donors (Lipinski definition) is 0. The molecule has 8 heteroatoms. The zero-order valence-corrected chi connectivity index (χ0v) is 16.0. The van der Waals surface area contributed by atoms with Crippen LogP contribution >= 0.6 is 15.9 Å². The van der Waals surface area contributed by atoms with E-state index in [-0.39, 0.29) is 18.4 Å². The van der Waals surface area contributed by atoms with Crippen LogP contribution in [0.15, 0.2) is 35.3 Å². The molecule has 1 atom stereocenters. The Bertz CT molecular complexity index is 789. The average Bonchev–Trinajstić information content (AvgIpc) is 3.30. The Labute approximate surface area is 160 Å². The third kappa shape index (κ3) is 3.47. The Morgan fingerprint density at radius 2 is 1.96 bits per heavy atom. The quantitative estimate of drug-likeness (QED) is 0.764. The summed E-state index contributed by atoms with van der Waals surface area (Å²) in [4.78, 5) is 20.8. The number of hydrogen-bond acceptors (Lipinski definition) is 4. The van der Waals surface area contributed by atoms with Crippen molar-refractivity contribution in [3.63, 3.8) is 0 Å². The van der Waals surface area contributed by atoms with Crippen molar-refractivity contribution in [2.45, 2.75) is 25.4 Å². The second-order valence-corrected chi connectivity index (χ2v) is 7.81. The molecule has 0 spiro atoms. The number of likely N-dealkylation sites (tertiary alicyclic amines) is 1. The highest BCUT2D eigenvalue weighted by Crippen LogP contribution is 2.29. The number of carbonyl (C=O) groups is 1. The fourth-order valence-corrected chi connectivity index (χ4v) is 4.08. The van der Waals surface area contributed by atoms with Gasteiger partial charge >= 0.3 is 0 Å². The molecule has 0 bridgehead atoms. The topological polar surface area (TPSA) is 54.3 Å². The average molecular weight is 422 g/mol. The van der Waals surface area contributed by atoms with Crippen LogP contribution in [-0.2, 0) is 4.79 Å². The molecule has 138 valence electrons. The lowest BCUT2D eigenvalue weighted by atomic mass is 9.95. The van der Waals surface area contributed by atoms with Gasteiger partial charge in [0.1, 0.15) is 6.17 Å². The molecule has 0 radical (unpaired) electrons. The van der Waals surface area contributed by atoms with Gasteiger partial charge in [0.05, 0.1) is 34.8 Å². The molecule has 2 saturated heterocycles. The van der Waals surface area contributed by atoms with Gasteiger partial charge in [-0.25, -0.2) is 9.07 Å². The highest BCUT2D eigenvalue weighted by Gasteiger charge is 2.33. The SMILES string of the molecule is O=C(C1CCN(c2cnccc2-n2cc(Br)cn2)CC1)N1CC[C@H](F)C1. The lowest BCUT2D eigenvalue weighted by Gasteiger charge is -2.35. The van der Waals surface area contributed by atoms with Crippen molar-refractivity contribution in [3.8, 4) is 5.69 Å². The highest BCUT2D eigenvalue weighted by atomic mass is 79.9. The van der Waals surface area contributed by atoms with Crippen molar-refractivity contribution >= 4 is 27.5 Å². The summed E-state index contributed by atoms with van der Waals surface area (Å²) < 4.78 is 16.1. The van der Waals surface area contributed by atoms with Gasteiger partial charge in [-0.3, -0.25) is 9.78 Å². The number of piperidine rings is 1. The van der Waals surface area contributed by atoms with Gasteiger partial charge in [-0.05, 0) is 41.3 Å². The molecular formula is C18H21BrFN5O. The van der Waals surface area contributed by atoms with Crippen LogP contribution in [0, 0.1) is 5.92 Å². The molecule has 4 rings (SSSR count). The standard InChI is InChI=1S/C18H21BrFN5O/c19-14-9-22-25(11-14)16-1-5-21-10-17(16)23-6-2-13(3-7-23)18(26)24-8-4-15(20)12-24/h1,5,9-11,13,15H,2-4,6-8,12H2/t15-/m0/s1. The van der Waals surface area contributed by atoms with Gasteiger partial charge in [-0.15, -0.1) is 0 Å². The predicted octanol–water partition coefficient (Wildman–Crippen LogP) is 2.82. The number of pyridine rings is 1. The van der Waals surface area contributed by atoms with Gasteiger partial charge in [-0.1, -0.05) is 0 Å². The van der Waals surface area contributed by atoms with Crippen molar-refractivity contribution in [3.05, 3.63) is 35.3 Å². The van der Waals surface area contributed by atoms with Gasteiger partial charge in [0, 0.05) is 37.9 Å². The molecular weight excluding hydrogens is 401 g/mol. The van der Waals surface area contributed by atoms with Crippen molar-refractivity contribution in [2.75, 3.05) is 31.1 Å². The van der Waals surface area contributed by atoms with E-state index in [1.54, 1.807) is 17.3 Å². The summed E-state index contributed by atoms with van der Waals surface area (Å²) in [6, 6.07) is 1.94. The molecule has 6 nitrogen and oxygen atoms in total. The summed E-state index contributed by atoms with van der Waals surface area (Å²) in [5.41, 5.74) is 1.98. The van der Waals surface area contributed by atoms with E-state index in [2.05, 4.69) is 30.9 Å². The summed E-state index contributed by atoms with van der Waals surface area (Å²) in [6.07, 6.45) is 8.45. The van der Waals surface area contributed by atoms with Crippen molar-refractivity contribution in [1.29, 1.82) is 0 Å². The van der Waals surface area contributed by atoms with Gasteiger partial charge in [0.15, 0.2) is 0 Å². The number of nitrogens with zero attached hydrogens (tertiary/aromatic N) is 5. The van der Waals surface area contributed by atoms with Crippen LogP contribution < -0.4 is 4.90 Å².